The second-order valence-corrected chi connectivity index (χ2v) is 6.58. The molecule has 7 heteroatoms. The Hall–Kier alpha value is -3.06. The molecule has 0 bridgehead atoms. The number of aryl methyl sites for hydroxylation is 1. The van der Waals surface area contributed by atoms with Crippen LogP contribution >= 0.6 is 11.3 Å². The Morgan fingerprint density at radius 2 is 1.84 bits per heavy atom. The number of carbonyl (C=O) groups excluding carboxylic acids is 1. The highest BCUT2D eigenvalue weighted by molar-refractivity contribution is 7.21. The highest BCUT2D eigenvalue weighted by Gasteiger charge is 2.17. The molecule has 0 fully saturated rings. The molecule has 0 spiro atoms. The number of fused-ring (bicyclic) bond motifs is 2. The Labute approximate surface area is 146 Å². The summed E-state index contributed by atoms with van der Waals surface area (Å²) in [4.78, 5) is 25.3. The largest absolute Gasteiger partial charge is 0.438 e. The van der Waals surface area contributed by atoms with E-state index in [1.807, 2.05) is 31.2 Å². The van der Waals surface area contributed by atoms with E-state index in [2.05, 4.69) is 10.3 Å². The van der Waals surface area contributed by atoms with Gasteiger partial charge in [0.25, 0.3) is 5.56 Å². The fourth-order valence-electron chi connectivity index (χ4n) is 2.66. The third-order valence-electron chi connectivity index (χ3n) is 3.98. The van der Waals surface area contributed by atoms with Gasteiger partial charge in [-0.2, -0.15) is 4.68 Å². The van der Waals surface area contributed by atoms with Gasteiger partial charge in [0.05, 0.1) is 5.39 Å². The van der Waals surface area contributed by atoms with Crippen molar-refractivity contribution in [3.8, 4) is 0 Å². The van der Waals surface area contributed by atoms with Crippen LogP contribution in [0.4, 0.5) is 0 Å². The lowest BCUT2D eigenvalue weighted by molar-refractivity contribution is 0.0341. The lowest BCUT2D eigenvalue weighted by atomic mass is 10.1. The number of nitrogens with zero attached hydrogens (tertiary/aromatic N) is 3. The molecule has 25 heavy (non-hydrogen) atoms. The normalized spacial score (nSPS) is 11.1. The summed E-state index contributed by atoms with van der Waals surface area (Å²) in [5.74, 6) is -0.472. The molecule has 0 aliphatic rings. The van der Waals surface area contributed by atoms with Gasteiger partial charge in [-0.1, -0.05) is 35.5 Å². The van der Waals surface area contributed by atoms with Crippen LogP contribution in [0.2, 0.25) is 0 Å². The summed E-state index contributed by atoms with van der Waals surface area (Å²) in [6.45, 7) is 1.61. The fraction of sp³-hybridized carbons (Fsp3) is 0.111. The number of benzene rings is 2. The minimum absolute atomic E-state index is 0.275. The van der Waals surface area contributed by atoms with Crippen molar-refractivity contribution in [1.29, 1.82) is 0 Å². The first-order chi connectivity index (χ1) is 12.1. The third-order valence-corrected chi connectivity index (χ3v) is 5.23. The number of hydrogen-bond acceptors (Lipinski definition) is 6. The van der Waals surface area contributed by atoms with Crippen molar-refractivity contribution >= 4 is 38.3 Å². The summed E-state index contributed by atoms with van der Waals surface area (Å²) in [5, 5.41) is 9.25. The van der Waals surface area contributed by atoms with E-state index >= 15 is 0 Å². The molecule has 0 saturated carbocycles. The zero-order valence-corrected chi connectivity index (χ0v) is 14.1. The molecule has 0 saturated heterocycles. The quantitative estimate of drug-likeness (QED) is 0.530. The standard InChI is InChI=1S/C18H13N3O3S/c1-11-12-6-3-5-9-15(12)25-16(11)18(23)24-10-21-17(22)13-7-2-4-8-14(13)19-20-21/h2-9H,10H2,1H3. The van der Waals surface area contributed by atoms with E-state index in [0.717, 1.165) is 20.3 Å². The molecule has 2 aromatic carbocycles. The zero-order chi connectivity index (χ0) is 17.4. The van der Waals surface area contributed by atoms with Crippen molar-refractivity contribution in [2.45, 2.75) is 13.7 Å². The number of rotatable bonds is 3. The summed E-state index contributed by atoms with van der Waals surface area (Å²) in [5.41, 5.74) is 1.05. The van der Waals surface area contributed by atoms with Gasteiger partial charge in [-0.05, 0) is 36.1 Å². The van der Waals surface area contributed by atoms with Crippen LogP contribution in [0.25, 0.3) is 21.0 Å². The van der Waals surface area contributed by atoms with Gasteiger partial charge >= 0.3 is 5.97 Å². The van der Waals surface area contributed by atoms with E-state index in [-0.39, 0.29) is 12.3 Å². The summed E-state index contributed by atoms with van der Waals surface area (Å²) in [6, 6.07) is 14.7. The highest BCUT2D eigenvalue weighted by atomic mass is 32.1. The van der Waals surface area contributed by atoms with Gasteiger partial charge in [-0.3, -0.25) is 4.79 Å². The molecule has 0 aliphatic heterocycles. The molecule has 0 radical (unpaired) electrons. The maximum absolute atomic E-state index is 12.4. The predicted octanol–water partition coefficient (Wildman–Crippen LogP) is 3.13. The number of esters is 1. The van der Waals surface area contributed by atoms with Gasteiger partial charge < -0.3 is 4.74 Å². The van der Waals surface area contributed by atoms with E-state index in [1.165, 1.54) is 11.3 Å². The van der Waals surface area contributed by atoms with Crippen LogP contribution in [0.5, 0.6) is 0 Å². The first-order valence-electron chi connectivity index (χ1n) is 7.63. The summed E-state index contributed by atoms with van der Waals surface area (Å²) in [6.07, 6.45) is 0. The van der Waals surface area contributed by atoms with Crippen molar-refractivity contribution < 1.29 is 9.53 Å². The SMILES string of the molecule is Cc1c(C(=O)OCn2nnc3ccccc3c2=O)sc2ccccc12. The Balaban J connectivity index is 1.60. The second-order valence-electron chi connectivity index (χ2n) is 5.52. The van der Waals surface area contributed by atoms with Crippen LogP contribution < -0.4 is 5.56 Å². The van der Waals surface area contributed by atoms with Crippen LogP contribution in [-0.4, -0.2) is 21.0 Å². The molecule has 0 amide bonds. The van der Waals surface area contributed by atoms with Crippen molar-refractivity contribution in [1.82, 2.24) is 15.0 Å². The maximum Gasteiger partial charge on any atom is 0.350 e. The van der Waals surface area contributed by atoms with Crippen molar-refractivity contribution in [2.24, 2.45) is 0 Å². The number of thiophene rings is 1. The minimum Gasteiger partial charge on any atom is -0.438 e. The van der Waals surface area contributed by atoms with Crippen LogP contribution in [0.3, 0.4) is 0 Å². The fourth-order valence-corrected chi connectivity index (χ4v) is 3.77. The summed E-state index contributed by atoms with van der Waals surface area (Å²) >= 11 is 1.38. The predicted molar refractivity (Wildman–Crippen MR) is 95.8 cm³/mol. The van der Waals surface area contributed by atoms with Crippen LogP contribution in [0.1, 0.15) is 15.2 Å². The maximum atomic E-state index is 12.4. The van der Waals surface area contributed by atoms with Crippen molar-refractivity contribution in [3.63, 3.8) is 0 Å². The minimum atomic E-state index is -0.472. The first-order valence-corrected chi connectivity index (χ1v) is 8.44. The number of ether oxygens (including phenoxy) is 1. The molecular formula is C18H13N3O3S. The van der Waals surface area contributed by atoms with E-state index in [4.69, 9.17) is 4.74 Å². The van der Waals surface area contributed by atoms with Crippen LogP contribution in [-0.2, 0) is 11.5 Å². The summed E-state index contributed by atoms with van der Waals surface area (Å²) < 4.78 is 7.35. The van der Waals surface area contributed by atoms with Crippen LogP contribution in [0.15, 0.2) is 53.3 Å². The van der Waals surface area contributed by atoms with Crippen LogP contribution in [0, 0.1) is 6.92 Å². The smallest absolute Gasteiger partial charge is 0.350 e. The van der Waals surface area contributed by atoms with E-state index in [0.29, 0.717) is 15.8 Å². The van der Waals surface area contributed by atoms with Gasteiger partial charge in [0.1, 0.15) is 10.4 Å². The van der Waals surface area contributed by atoms with Gasteiger partial charge in [0.2, 0.25) is 0 Å². The second kappa shape index (κ2) is 6.10. The molecule has 4 rings (SSSR count). The highest BCUT2D eigenvalue weighted by Crippen LogP contribution is 2.30. The molecule has 0 unspecified atom stereocenters. The molecule has 0 aliphatic carbocycles. The topological polar surface area (TPSA) is 74.1 Å². The third kappa shape index (κ3) is 2.68. The number of hydrogen-bond donors (Lipinski definition) is 0. The molecule has 2 heterocycles. The summed E-state index contributed by atoms with van der Waals surface area (Å²) in [7, 11) is 0. The van der Waals surface area contributed by atoms with E-state index in [9.17, 15) is 9.59 Å². The molecule has 0 atom stereocenters. The molecule has 124 valence electrons. The van der Waals surface area contributed by atoms with Crippen molar-refractivity contribution in [2.75, 3.05) is 0 Å². The number of carbonyl (C=O) groups is 1. The zero-order valence-electron chi connectivity index (χ0n) is 13.3. The average Bonchev–Trinajstić information content (AvgIpc) is 2.98. The lowest BCUT2D eigenvalue weighted by Gasteiger charge is -2.06. The Morgan fingerprint density at radius 1 is 1.12 bits per heavy atom. The Kier molecular flexibility index (Phi) is 3.77. The molecule has 6 nitrogen and oxygen atoms in total. The van der Waals surface area contributed by atoms with E-state index in [1.54, 1.807) is 24.3 Å². The molecule has 4 aromatic rings. The van der Waals surface area contributed by atoms with Gasteiger partial charge in [0, 0.05) is 4.70 Å². The van der Waals surface area contributed by atoms with Gasteiger partial charge in [-0.15, -0.1) is 16.4 Å². The Bertz CT molecular complexity index is 1160. The average molecular weight is 351 g/mol. The molecule has 2 aromatic heterocycles. The van der Waals surface area contributed by atoms with Crippen molar-refractivity contribution in [3.05, 3.63) is 69.3 Å². The molecule has 0 N–H and O–H groups in total. The number of aromatic nitrogens is 3. The lowest BCUT2D eigenvalue weighted by Crippen LogP contribution is -2.26. The first kappa shape index (κ1) is 15.5. The monoisotopic (exact) mass is 351 g/mol. The van der Waals surface area contributed by atoms with E-state index < -0.39 is 5.97 Å². The Morgan fingerprint density at radius 3 is 2.64 bits per heavy atom. The van der Waals surface area contributed by atoms with Gasteiger partial charge in [0.15, 0.2) is 6.73 Å². The van der Waals surface area contributed by atoms with Gasteiger partial charge in [-0.25, -0.2) is 4.79 Å². The molecular weight excluding hydrogens is 338 g/mol.